The molecule has 3 aromatic rings. The van der Waals surface area contributed by atoms with Gasteiger partial charge in [0.1, 0.15) is 17.9 Å². The minimum atomic E-state index is -1.35. The van der Waals surface area contributed by atoms with E-state index in [1.807, 2.05) is 0 Å². The first kappa shape index (κ1) is 20.7. The summed E-state index contributed by atoms with van der Waals surface area (Å²) in [5.41, 5.74) is 0.906. The fourth-order valence-electron chi connectivity index (χ4n) is 4.12. The van der Waals surface area contributed by atoms with Crippen LogP contribution in [0.15, 0.2) is 24.5 Å². The molecule has 0 saturated carbocycles. The van der Waals surface area contributed by atoms with Crippen LogP contribution in [0.2, 0.25) is 0 Å². The van der Waals surface area contributed by atoms with Crippen molar-refractivity contribution in [2.24, 2.45) is 0 Å². The number of amidine groups is 1. The summed E-state index contributed by atoms with van der Waals surface area (Å²) >= 11 is 0. The van der Waals surface area contributed by atoms with Crippen LogP contribution in [0.5, 0.6) is 11.5 Å². The first-order valence-corrected chi connectivity index (χ1v) is 10.2. The quantitative estimate of drug-likeness (QED) is 0.399. The third-order valence-corrected chi connectivity index (χ3v) is 5.73. The minimum Gasteiger partial charge on any atom is -0.493 e. The molecule has 11 nitrogen and oxygen atoms in total. The molecule has 33 heavy (non-hydrogen) atoms. The molecule has 2 amide bonds. The number of ether oxygens (including phenoxy) is 2. The number of anilines is 1. The van der Waals surface area contributed by atoms with Crippen LogP contribution in [0.4, 0.5) is 15.0 Å². The summed E-state index contributed by atoms with van der Waals surface area (Å²) < 4.78 is 27.9. The molecular formula is C21H19FN6O5. The molecule has 0 radical (unpaired) electrons. The Bertz CT molecular complexity index is 1320. The van der Waals surface area contributed by atoms with Gasteiger partial charge in [0.15, 0.2) is 17.2 Å². The third-order valence-electron chi connectivity index (χ3n) is 5.73. The average Bonchev–Trinajstić information content (AvgIpc) is 3.44. The van der Waals surface area contributed by atoms with E-state index in [0.717, 1.165) is 4.90 Å². The first-order valence-electron chi connectivity index (χ1n) is 10.2. The van der Waals surface area contributed by atoms with Crippen molar-refractivity contribution in [3.05, 3.63) is 47.0 Å². The zero-order chi connectivity index (χ0) is 23.3. The van der Waals surface area contributed by atoms with Gasteiger partial charge in [0.25, 0.3) is 5.91 Å². The first-order chi connectivity index (χ1) is 15.9. The number of hydrogen-bond donors (Lipinski definition) is 3. The molecule has 2 aromatic heterocycles. The molecule has 5 rings (SSSR count). The number of carbonyl (C=O) groups is 2. The second-order valence-corrected chi connectivity index (χ2v) is 7.68. The van der Waals surface area contributed by atoms with Gasteiger partial charge in [-0.05, 0) is 12.1 Å². The van der Waals surface area contributed by atoms with Crippen LogP contribution in [0.1, 0.15) is 40.7 Å². The molecular weight excluding hydrogens is 435 g/mol. The molecule has 0 fully saturated rings. The van der Waals surface area contributed by atoms with Crippen molar-refractivity contribution in [2.75, 3.05) is 18.1 Å². The molecule has 0 aliphatic carbocycles. The number of nitrogens with one attached hydrogen (secondary N) is 2. The van der Waals surface area contributed by atoms with Crippen LogP contribution in [0, 0.1) is 11.2 Å². The number of pyridine rings is 1. The summed E-state index contributed by atoms with van der Waals surface area (Å²) in [5.74, 6) is -0.849. The van der Waals surface area contributed by atoms with Gasteiger partial charge in [-0.1, -0.05) is 6.92 Å². The maximum atomic E-state index is 14.9. The van der Waals surface area contributed by atoms with E-state index < -0.39 is 17.8 Å². The number of fused-ring (bicyclic) bond motifs is 3. The van der Waals surface area contributed by atoms with Crippen LogP contribution >= 0.6 is 0 Å². The van der Waals surface area contributed by atoms with E-state index in [1.165, 1.54) is 28.9 Å². The second-order valence-electron chi connectivity index (χ2n) is 7.68. The monoisotopic (exact) mass is 454 g/mol. The van der Waals surface area contributed by atoms with Crippen LogP contribution in [0.25, 0.3) is 5.65 Å². The molecule has 12 heteroatoms. The fourth-order valence-corrected chi connectivity index (χ4v) is 4.12. The van der Waals surface area contributed by atoms with Gasteiger partial charge in [0, 0.05) is 23.6 Å². The summed E-state index contributed by atoms with van der Waals surface area (Å²) in [6.07, 6.45) is 0.221. The number of benzene rings is 1. The molecule has 2 aliphatic heterocycles. The number of nitrogens with zero attached hydrogens (tertiary/aromatic N) is 4. The topological polar surface area (TPSA) is 142 Å². The van der Waals surface area contributed by atoms with E-state index in [4.69, 9.17) is 14.9 Å². The Kier molecular flexibility index (Phi) is 4.84. The number of carboxylic acid groups (broad SMARTS) is 1. The molecule has 4 heterocycles. The molecule has 1 aromatic carbocycles. The van der Waals surface area contributed by atoms with Crippen LogP contribution < -0.4 is 19.7 Å². The molecule has 0 saturated heterocycles. The van der Waals surface area contributed by atoms with Crippen LogP contribution in [0.3, 0.4) is 0 Å². The lowest BCUT2D eigenvalue weighted by molar-refractivity contribution is 0.0976. The smallest absolute Gasteiger partial charge is 0.413 e. The van der Waals surface area contributed by atoms with E-state index in [2.05, 4.69) is 15.5 Å². The van der Waals surface area contributed by atoms with Gasteiger partial charge in [-0.2, -0.15) is 0 Å². The largest absolute Gasteiger partial charge is 0.493 e. The Labute approximate surface area is 186 Å². The Morgan fingerprint density at radius 2 is 2.06 bits per heavy atom. The summed E-state index contributed by atoms with van der Waals surface area (Å²) in [4.78, 5) is 26.1. The predicted octanol–water partition coefficient (Wildman–Crippen LogP) is 2.54. The Morgan fingerprint density at radius 1 is 1.30 bits per heavy atom. The summed E-state index contributed by atoms with van der Waals surface area (Å²) in [6, 6.07) is 4.14. The molecule has 0 unspecified atom stereocenters. The van der Waals surface area contributed by atoms with Gasteiger partial charge in [-0.25, -0.2) is 9.18 Å². The summed E-state index contributed by atoms with van der Waals surface area (Å²) in [7, 11) is 0. The highest BCUT2D eigenvalue weighted by Gasteiger charge is 2.35. The highest BCUT2D eigenvalue weighted by Crippen LogP contribution is 2.42. The maximum absolute atomic E-state index is 14.9. The molecule has 170 valence electrons. The average molecular weight is 454 g/mol. The van der Waals surface area contributed by atoms with E-state index in [9.17, 15) is 19.1 Å². The van der Waals surface area contributed by atoms with Crippen molar-refractivity contribution in [2.45, 2.75) is 25.8 Å². The van der Waals surface area contributed by atoms with Gasteiger partial charge in [-0.15, -0.1) is 10.2 Å². The van der Waals surface area contributed by atoms with E-state index >= 15 is 0 Å². The van der Waals surface area contributed by atoms with Crippen molar-refractivity contribution < 1.29 is 28.6 Å². The number of amides is 2. The molecule has 2 aliphatic rings. The number of aromatic nitrogens is 3. The highest BCUT2D eigenvalue weighted by atomic mass is 19.1. The lowest BCUT2D eigenvalue weighted by Gasteiger charge is -2.23. The lowest BCUT2D eigenvalue weighted by atomic mass is 9.95. The van der Waals surface area contributed by atoms with Crippen molar-refractivity contribution in [1.29, 1.82) is 5.41 Å². The molecule has 0 bridgehead atoms. The van der Waals surface area contributed by atoms with Gasteiger partial charge < -0.3 is 19.9 Å². The van der Waals surface area contributed by atoms with E-state index in [0.29, 0.717) is 17.7 Å². The summed E-state index contributed by atoms with van der Waals surface area (Å²) in [6.45, 7) is 1.75. The van der Waals surface area contributed by atoms with Gasteiger partial charge in [0.05, 0.1) is 37.1 Å². The van der Waals surface area contributed by atoms with Crippen molar-refractivity contribution in [1.82, 2.24) is 19.9 Å². The maximum Gasteiger partial charge on any atom is 0.413 e. The van der Waals surface area contributed by atoms with Crippen LogP contribution in [-0.2, 0) is 6.54 Å². The summed E-state index contributed by atoms with van der Waals surface area (Å²) in [5, 5.41) is 28.1. The highest BCUT2D eigenvalue weighted by molar-refractivity contribution is 6.09. The standard InChI is InChI=1S/C21H19FN6O5/c1-2-16(23)25-19(29)11-5-15-20(28-9-24-26-18(11)28)27(21(30)31)6-12-13(22)3-4-14-17(12)10(7-32-14)8-33-15/h3-5,9-10H,2,6-8H2,1H3,(H,30,31)(H2,23,25,29)/t10-/m0/s1. The van der Waals surface area contributed by atoms with E-state index in [-0.39, 0.29) is 59.9 Å². The number of hydrogen-bond acceptors (Lipinski definition) is 7. The second kappa shape index (κ2) is 7.73. The zero-order valence-corrected chi connectivity index (χ0v) is 17.5. The molecule has 1 atom stereocenters. The number of halogens is 1. The van der Waals surface area contributed by atoms with Gasteiger partial charge >= 0.3 is 6.09 Å². The molecule has 0 spiro atoms. The Morgan fingerprint density at radius 3 is 2.79 bits per heavy atom. The number of carbonyl (C=O) groups excluding carboxylic acids is 1. The van der Waals surface area contributed by atoms with Crippen molar-refractivity contribution in [3.8, 4) is 11.5 Å². The normalized spacial score (nSPS) is 16.5. The predicted molar refractivity (Wildman–Crippen MR) is 113 cm³/mol. The molecule has 3 N–H and O–H groups in total. The lowest BCUT2D eigenvalue weighted by Crippen LogP contribution is -2.32. The SMILES string of the molecule is CCC(=N)NC(=O)c1cc2c(n3cnnc13)N(C(=O)O)Cc1c(F)ccc3c1[C@@H](CO3)CO2. The Hall–Kier alpha value is -4.22. The van der Waals surface area contributed by atoms with Gasteiger partial charge in [-0.3, -0.25) is 19.5 Å². The Balaban J connectivity index is 1.71. The number of rotatable bonds is 2. The minimum absolute atomic E-state index is 0.0100. The van der Waals surface area contributed by atoms with Crippen molar-refractivity contribution >= 4 is 29.3 Å². The van der Waals surface area contributed by atoms with E-state index in [1.54, 1.807) is 6.92 Å². The third kappa shape index (κ3) is 3.30. The van der Waals surface area contributed by atoms with Crippen molar-refractivity contribution in [3.63, 3.8) is 0 Å². The fraction of sp³-hybridized carbons (Fsp3) is 0.286. The zero-order valence-electron chi connectivity index (χ0n) is 17.5. The van der Waals surface area contributed by atoms with Gasteiger partial charge in [0.2, 0.25) is 0 Å². The van der Waals surface area contributed by atoms with Crippen LogP contribution in [-0.4, -0.2) is 50.8 Å².